The van der Waals surface area contributed by atoms with Crippen LogP contribution in [0.1, 0.15) is 15.9 Å². The topological polar surface area (TPSA) is 66.4 Å². The molecular weight excluding hydrogens is 406 g/mol. The van der Waals surface area contributed by atoms with Gasteiger partial charge in [0.25, 0.3) is 5.91 Å². The number of carbonyl (C=O) groups excluding carboxylic acids is 1. The highest BCUT2D eigenvalue weighted by Gasteiger charge is 2.21. The van der Waals surface area contributed by atoms with Gasteiger partial charge in [-0.2, -0.15) is 0 Å². The Labute approximate surface area is 166 Å². The van der Waals surface area contributed by atoms with Crippen molar-refractivity contribution in [2.75, 3.05) is 0 Å². The fraction of sp³-hybridized carbons (Fsp3) is 0.0909. The minimum absolute atomic E-state index is 0.212. The van der Waals surface area contributed by atoms with Crippen LogP contribution in [0.5, 0.6) is 0 Å². The van der Waals surface area contributed by atoms with Crippen molar-refractivity contribution < 1.29 is 14.7 Å². The van der Waals surface area contributed by atoms with Gasteiger partial charge in [0.1, 0.15) is 6.04 Å². The first kappa shape index (κ1) is 18.9. The summed E-state index contributed by atoms with van der Waals surface area (Å²) in [5, 5.41) is 12.1. The van der Waals surface area contributed by atoms with Gasteiger partial charge < -0.3 is 10.4 Å². The van der Waals surface area contributed by atoms with Crippen molar-refractivity contribution in [2.45, 2.75) is 12.5 Å². The first-order valence-corrected chi connectivity index (χ1v) is 9.26. The number of carboxylic acids is 1. The smallest absolute Gasteiger partial charge is 0.326 e. The number of carbonyl (C=O) groups is 2. The van der Waals surface area contributed by atoms with Gasteiger partial charge in [-0.3, -0.25) is 4.79 Å². The van der Waals surface area contributed by atoms with Crippen molar-refractivity contribution in [3.8, 4) is 11.1 Å². The first-order valence-electron chi connectivity index (χ1n) is 8.46. The molecule has 0 aromatic heterocycles. The molecule has 1 atom stereocenters. The van der Waals surface area contributed by atoms with Gasteiger partial charge in [0.2, 0.25) is 0 Å². The average Bonchev–Trinajstić information content (AvgIpc) is 2.68. The summed E-state index contributed by atoms with van der Waals surface area (Å²) in [5.74, 6) is -1.48. The number of benzene rings is 3. The number of halogens is 1. The highest BCUT2D eigenvalue weighted by molar-refractivity contribution is 9.10. The number of amides is 1. The molecule has 0 aliphatic rings. The summed E-state index contributed by atoms with van der Waals surface area (Å²) in [6.07, 6.45) is 0.212. The number of nitrogens with one attached hydrogen (secondary N) is 1. The summed E-state index contributed by atoms with van der Waals surface area (Å²) >= 11 is 3.31. The fourth-order valence-electron chi connectivity index (χ4n) is 2.77. The fourth-order valence-corrected chi connectivity index (χ4v) is 3.17. The number of carboxylic acid groups (broad SMARTS) is 1. The third-order valence-electron chi connectivity index (χ3n) is 4.19. The van der Waals surface area contributed by atoms with Gasteiger partial charge in [0.15, 0.2) is 0 Å². The van der Waals surface area contributed by atoms with Crippen molar-refractivity contribution >= 4 is 27.8 Å². The summed E-state index contributed by atoms with van der Waals surface area (Å²) < 4.78 is 0.763. The van der Waals surface area contributed by atoms with Crippen molar-refractivity contribution in [3.63, 3.8) is 0 Å². The van der Waals surface area contributed by atoms with Crippen LogP contribution >= 0.6 is 15.9 Å². The van der Waals surface area contributed by atoms with E-state index in [0.29, 0.717) is 5.56 Å². The van der Waals surface area contributed by atoms with E-state index >= 15 is 0 Å². The number of rotatable bonds is 6. The monoisotopic (exact) mass is 423 g/mol. The van der Waals surface area contributed by atoms with Gasteiger partial charge in [0.05, 0.1) is 0 Å². The molecule has 3 aromatic carbocycles. The quantitative estimate of drug-likeness (QED) is 0.611. The Hall–Kier alpha value is -2.92. The van der Waals surface area contributed by atoms with E-state index < -0.39 is 17.9 Å². The predicted octanol–water partition coefficient (Wildman–Crippen LogP) is 4.54. The van der Waals surface area contributed by atoms with Gasteiger partial charge >= 0.3 is 5.97 Å². The van der Waals surface area contributed by atoms with Gasteiger partial charge in [-0.15, -0.1) is 0 Å². The van der Waals surface area contributed by atoms with E-state index in [1.807, 2.05) is 54.6 Å². The van der Waals surface area contributed by atoms with Crippen molar-refractivity contribution in [3.05, 3.63) is 94.5 Å². The van der Waals surface area contributed by atoms with E-state index in [1.165, 1.54) is 0 Å². The van der Waals surface area contributed by atoms with E-state index in [1.54, 1.807) is 24.3 Å². The summed E-state index contributed by atoms with van der Waals surface area (Å²) in [4.78, 5) is 23.9. The van der Waals surface area contributed by atoms with Gasteiger partial charge in [0, 0.05) is 16.5 Å². The molecule has 2 N–H and O–H groups in total. The third kappa shape index (κ3) is 5.05. The van der Waals surface area contributed by atoms with Gasteiger partial charge in [-0.1, -0.05) is 76.6 Å². The van der Waals surface area contributed by atoms with Crippen LogP contribution in [0.2, 0.25) is 0 Å². The summed E-state index contributed by atoms with van der Waals surface area (Å²) in [6.45, 7) is 0. The molecule has 27 heavy (non-hydrogen) atoms. The van der Waals surface area contributed by atoms with Crippen LogP contribution in [0.3, 0.4) is 0 Å². The second-order valence-electron chi connectivity index (χ2n) is 6.14. The zero-order valence-electron chi connectivity index (χ0n) is 14.4. The maximum atomic E-state index is 12.3. The zero-order chi connectivity index (χ0) is 19.2. The minimum atomic E-state index is -1.06. The molecule has 3 rings (SSSR count). The molecule has 4 nitrogen and oxygen atoms in total. The predicted molar refractivity (Wildman–Crippen MR) is 109 cm³/mol. The maximum absolute atomic E-state index is 12.3. The van der Waals surface area contributed by atoms with Crippen LogP contribution in [0, 0.1) is 0 Å². The van der Waals surface area contributed by atoms with E-state index in [-0.39, 0.29) is 6.42 Å². The second kappa shape index (κ2) is 8.64. The van der Waals surface area contributed by atoms with E-state index in [0.717, 1.165) is 21.2 Å². The maximum Gasteiger partial charge on any atom is 0.326 e. The SMILES string of the molecule is O=C(N[C@H](Cc1ccc(-c2ccccc2)cc1)C(=O)O)c1cccc(Br)c1. The Morgan fingerprint density at radius 2 is 1.56 bits per heavy atom. The molecule has 5 heteroatoms. The van der Waals surface area contributed by atoms with E-state index in [9.17, 15) is 14.7 Å². The molecule has 0 aliphatic carbocycles. The molecule has 0 saturated carbocycles. The second-order valence-corrected chi connectivity index (χ2v) is 7.06. The standard InChI is InChI=1S/C22H18BrNO3/c23-19-8-4-7-18(14-19)21(25)24-20(22(26)27)13-15-9-11-17(12-10-15)16-5-2-1-3-6-16/h1-12,14,20H,13H2,(H,24,25)(H,26,27)/t20-/m1/s1. The Morgan fingerprint density at radius 3 is 2.19 bits per heavy atom. The first-order chi connectivity index (χ1) is 13.0. The molecule has 0 saturated heterocycles. The molecule has 1 amide bonds. The number of aliphatic carboxylic acids is 1. The molecule has 0 heterocycles. The zero-order valence-corrected chi connectivity index (χ0v) is 16.0. The third-order valence-corrected chi connectivity index (χ3v) is 4.68. The average molecular weight is 424 g/mol. The van der Waals surface area contributed by atoms with Crippen LogP contribution in [0.4, 0.5) is 0 Å². The van der Waals surface area contributed by atoms with Crippen molar-refractivity contribution in [1.82, 2.24) is 5.32 Å². The molecule has 3 aromatic rings. The van der Waals surface area contributed by atoms with Crippen molar-refractivity contribution in [2.24, 2.45) is 0 Å². The van der Waals surface area contributed by atoms with Crippen LogP contribution in [-0.4, -0.2) is 23.0 Å². The van der Waals surface area contributed by atoms with E-state index in [2.05, 4.69) is 21.2 Å². The highest BCUT2D eigenvalue weighted by Crippen LogP contribution is 2.20. The minimum Gasteiger partial charge on any atom is -0.480 e. The van der Waals surface area contributed by atoms with Crippen LogP contribution in [0.15, 0.2) is 83.3 Å². The summed E-state index contributed by atoms with van der Waals surface area (Å²) in [5.41, 5.74) is 3.41. The molecule has 0 aliphatic heterocycles. The molecule has 0 fully saturated rings. The molecule has 0 bridgehead atoms. The molecule has 0 radical (unpaired) electrons. The van der Waals surface area contributed by atoms with Crippen LogP contribution < -0.4 is 5.32 Å². The Balaban J connectivity index is 1.71. The lowest BCUT2D eigenvalue weighted by Gasteiger charge is -2.15. The van der Waals surface area contributed by atoms with E-state index in [4.69, 9.17) is 0 Å². The molecule has 0 spiro atoms. The Morgan fingerprint density at radius 1 is 0.889 bits per heavy atom. The molecule has 0 unspecified atom stereocenters. The van der Waals surface area contributed by atoms with Crippen LogP contribution in [-0.2, 0) is 11.2 Å². The molecule has 136 valence electrons. The Bertz CT molecular complexity index is 939. The summed E-state index contributed by atoms with van der Waals surface area (Å²) in [7, 11) is 0. The van der Waals surface area contributed by atoms with Gasteiger partial charge in [-0.05, 0) is 34.9 Å². The highest BCUT2D eigenvalue weighted by atomic mass is 79.9. The normalized spacial score (nSPS) is 11.6. The molecular formula is C22H18BrNO3. The summed E-state index contributed by atoms with van der Waals surface area (Å²) in [6, 6.07) is 23.5. The lowest BCUT2D eigenvalue weighted by atomic mass is 10.0. The Kier molecular flexibility index (Phi) is 6.04. The number of hydrogen-bond donors (Lipinski definition) is 2. The van der Waals surface area contributed by atoms with Gasteiger partial charge in [-0.25, -0.2) is 4.79 Å². The lowest BCUT2D eigenvalue weighted by molar-refractivity contribution is -0.139. The lowest BCUT2D eigenvalue weighted by Crippen LogP contribution is -2.42. The largest absolute Gasteiger partial charge is 0.480 e. The number of hydrogen-bond acceptors (Lipinski definition) is 2. The van der Waals surface area contributed by atoms with Crippen LogP contribution in [0.25, 0.3) is 11.1 Å². The van der Waals surface area contributed by atoms with Crippen molar-refractivity contribution in [1.29, 1.82) is 0 Å².